The quantitative estimate of drug-likeness (QED) is 0.689. The standard InChI is InChI=1S/C18H20BrNO2/c1-20(14-15-7-3-2-4-8-15)18(21)11-6-12-22-17-10-5-9-16(19)13-17/h2-5,7-10,13H,6,11-12,14H2,1H3. The number of ether oxygens (including phenoxy) is 1. The van der Waals surface area contributed by atoms with Crippen LogP contribution in [0.15, 0.2) is 59.1 Å². The predicted octanol–water partition coefficient (Wildman–Crippen LogP) is 4.27. The van der Waals surface area contributed by atoms with Gasteiger partial charge in [0.1, 0.15) is 5.75 Å². The molecule has 0 aromatic heterocycles. The lowest BCUT2D eigenvalue weighted by Crippen LogP contribution is -2.26. The zero-order chi connectivity index (χ0) is 15.8. The molecule has 0 saturated heterocycles. The normalized spacial score (nSPS) is 10.3. The second-order valence-electron chi connectivity index (χ2n) is 5.14. The molecule has 2 rings (SSSR count). The highest BCUT2D eigenvalue weighted by Crippen LogP contribution is 2.18. The van der Waals surface area contributed by atoms with Gasteiger partial charge in [0.2, 0.25) is 5.91 Å². The fourth-order valence-corrected chi connectivity index (χ4v) is 2.48. The molecule has 1 amide bonds. The van der Waals surface area contributed by atoms with Gasteiger partial charge in [-0.15, -0.1) is 0 Å². The smallest absolute Gasteiger partial charge is 0.222 e. The van der Waals surface area contributed by atoms with Crippen molar-refractivity contribution in [1.82, 2.24) is 4.90 Å². The number of benzene rings is 2. The molecular weight excluding hydrogens is 342 g/mol. The highest BCUT2D eigenvalue weighted by Gasteiger charge is 2.08. The van der Waals surface area contributed by atoms with E-state index in [1.54, 1.807) is 4.90 Å². The van der Waals surface area contributed by atoms with Crippen LogP contribution in [-0.4, -0.2) is 24.5 Å². The van der Waals surface area contributed by atoms with Gasteiger partial charge in [-0.05, 0) is 30.2 Å². The maximum absolute atomic E-state index is 12.1. The summed E-state index contributed by atoms with van der Waals surface area (Å²) in [6.07, 6.45) is 1.21. The van der Waals surface area contributed by atoms with Gasteiger partial charge >= 0.3 is 0 Å². The summed E-state index contributed by atoms with van der Waals surface area (Å²) in [7, 11) is 1.84. The summed E-state index contributed by atoms with van der Waals surface area (Å²) >= 11 is 3.40. The van der Waals surface area contributed by atoms with Crippen molar-refractivity contribution >= 4 is 21.8 Å². The van der Waals surface area contributed by atoms with Crippen LogP contribution in [0, 0.1) is 0 Å². The van der Waals surface area contributed by atoms with E-state index in [-0.39, 0.29) is 5.91 Å². The van der Waals surface area contributed by atoms with E-state index in [9.17, 15) is 4.79 Å². The topological polar surface area (TPSA) is 29.5 Å². The first-order valence-electron chi connectivity index (χ1n) is 7.31. The highest BCUT2D eigenvalue weighted by atomic mass is 79.9. The Kier molecular flexibility index (Phi) is 6.46. The van der Waals surface area contributed by atoms with Crippen LogP contribution in [0.25, 0.3) is 0 Å². The minimum Gasteiger partial charge on any atom is -0.494 e. The van der Waals surface area contributed by atoms with Crippen LogP contribution in [0.2, 0.25) is 0 Å². The van der Waals surface area contributed by atoms with Crippen LogP contribution in [-0.2, 0) is 11.3 Å². The largest absolute Gasteiger partial charge is 0.494 e. The van der Waals surface area contributed by atoms with Crippen LogP contribution in [0.3, 0.4) is 0 Å². The third kappa shape index (κ3) is 5.53. The van der Waals surface area contributed by atoms with E-state index in [4.69, 9.17) is 4.74 Å². The average molecular weight is 362 g/mol. The third-order valence-corrected chi connectivity index (χ3v) is 3.78. The molecule has 0 N–H and O–H groups in total. The fraction of sp³-hybridized carbons (Fsp3) is 0.278. The van der Waals surface area contributed by atoms with E-state index in [0.717, 1.165) is 15.8 Å². The Labute approximate surface area is 140 Å². The molecule has 2 aromatic carbocycles. The van der Waals surface area contributed by atoms with Gasteiger partial charge in [0.05, 0.1) is 6.61 Å². The number of hydrogen-bond donors (Lipinski definition) is 0. The summed E-state index contributed by atoms with van der Waals surface area (Å²) in [5.41, 5.74) is 1.14. The van der Waals surface area contributed by atoms with Crippen LogP contribution in [0.5, 0.6) is 5.75 Å². The number of rotatable bonds is 7. The average Bonchev–Trinajstić information content (AvgIpc) is 2.52. The van der Waals surface area contributed by atoms with Gasteiger partial charge in [0, 0.05) is 24.5 Å². The lowest BCUT2D eigenvalue weighted by Gasteiger charge is -2.17. The number of carbonyl (C=O) groups is 1. The summed E-state index contributed by atoms with van der Waals surface area (Å²) in [6, 6.07) is 17.7. The summed E-state index contributed by atoms with van der Waals surface area (Å²) in [4.78, 5) is 13.8. The number of carbonyl (C=O) groups excluding carboxylic acids is 1. The van der Waals surface area contributed by atoms with Crippen molar-refractivity contribution in [1.29, 1.82) is 0 Å². The Hall–Kier alpha value is -1.81. The molecule has 0 aliphatic rings. The molecule has 0 fully saturated rings. The number of amides is 1. The van der Waals surface area contributed by atoms with Gasteiger partial charge < -0.3 is 9.64 Å². The Bertz CT molecular complexity index is 601. The van der Waals surface area contributed by atoms with Gasteiger partial charge in [-0.2, -0.15) is 0 Å². The minimum atomic E-state index is 0.140. The zero-order valence-corrected chi connectivity index (χ0v) is 14.3. The number of nitrogens with zero attached hydrogens (tertiary/aromatic N) is 1. The van der Waals surface area contributed by atoms with Gasteiger partial charge in [-0.3, -0.25) is 4.79 Å². The van der Waals surface area contributed by atoms with Gasteiger partial charge in [-0.1, -0.05) is 52.3 Å². The Balaban J connectivity index is 1.69. The van der Waals surface area contributed by atoms with Crippen molar-refractivity contribution in [3.05, 3.63) is 64.6 Å². The van der Waals surface area contributed by atoms with Crippen molar-refractivity contribution in [2.24, 2.45) is 0 Å². The molecule has 22 heavy (non-hydrogen) atoms. The Morgan fingerprint density at radius 3 is 2.64 bits per heavy atom. The molecule has 0 saturated carbocycles. The van der Waals surface area contributed by atoms with Crippen molar-refractivity contribution < 1.29 is 9.53 Å². The van der Waals surface area contributed by atoms with Crippen LogP contribution < -0.4 is 4.74 Å². The predicted molar refractivity (Wildman–Crippen MR) is 91.8 cm³/mol. The first kappa shape index (κ1) is 16.6. The molecule has 4 heteroatoms. The highest BCUT2D eigenvalue weighted by molar-refractivity contribution is 9.10. The maximum atomic E-state index is 12.1. The Morgan fingerprint density at radius 2 is 1.91 bits per heavy atom. The molecule has 0 unspecified atom stereocenters. The van der Waals surface area contributed by atoms with E-state index in [1.165, 1.54) is 0 Å². The number of halogens is 1. The van der Waals surface area contributed by atoms with Crippen molar-refractivity contribution in [3.8, 4) is 5.75 Å². The molecule has 0 aliphatic heterocycles. The molecule has 3 nitrogen and oxygen atoms in total. The van der Waals surface area contributed by atoms with Crippen molar-refractivity contribution in [2.45, 2.75) is 19.4 Å². The molecule has 0 spiro atoms. The van der Waals surface area contributed by atoms with E-state index < -0.39 is 0 Å². The van der Waals surface area contributed by atoms with E-state index in [1.807, 2.05) is 61.6 Å². The Morgan fingerprint density at radius 1 is 1.14 bits per heavy atom. The molecule has 0 aliphatic carbocycles. The van der Waals surface area contributed by atoms with Crippen molar-refractivity contribution in [3.63, 3.8) is 0 Å². The lowest BCUT2D eigenvalue weighted by molar-refractivity contribution is -0.130. The second kappa shape index (κ2) is 8.59. The SMILES string of the molecule is CN(Cc1ccccc1)C(=O)CCCOc1cccc(Br)c1. The van der Waals surface area contributed by atoms with Crippen LogP contribution in [0.1, 0.15) is 18.4 Å². The summed E-state index contributed by atoms with van der Waals surface area (Å²) in [6.45, 7) is 1.19. The van der Waals surface area contributed by atoms with E-state index in [0.29, 0.717) is 26.0 Å². The molecule has 2 aromatic rings. The minimum absolute atomic E-state index is 0.140. The van der Waals surface area contributed by atoms with Gasteiger partial charge in [0.15, 0.2) is 0 Å². The molecular formula is C18H20BrNO2. The summed E-state index contributed by atoms with van der Waals surface area (Å²) in [5, 5.41) is 0. The fourth-order valence-electron chi connectivity index (χ4n) is 2.11. The molecule has 0 heterocycles. The second-order valence-corrected chi connectivity index (χ2v) is 6.06. The van der Waals surface area contributed by atoms with Gasteiger partial charge in [0.25, 0.3) is 0 Å². The lowest BCUT2D eigenvalue weighted by atomic mass is 10.2. The summed E-state index contributed by atoms with van der Waals surface area (Å²) in [5.74, 6) is 0.959. The maximum Gasteiger partial charge on any atom is 0.222 e. The monoisotopic (exact) mass is 361 g/mol. The molecule has 0 radical (unpaired) electrons. The first-order chi connectivity index (χ1) is 10.6. The van der Waals surface area contributed by atoms with Crippen LogP contribution >= 0.6 is 15.9 Å². The molecule has 0 atom stereocenters. The first-order valence-corrected chi connectivity index (χ1v) is 8.11. The van der Waals surface area contributed by atoms with Crippen molar-refractivity contribution in [2.75, 3.05) is 13.7 Å². The van der Waals surface area contributed by atoms with Crippen LogP contribution in [0.4, 0.5) is 0 Å². The third-order valence-electron chi connectivity index (χ3n) is 3.29. The molecule has 0 bridgehead atoms. The van der Waals surface area contributed by atoms with E-state index >= 15 is 0 Å². The van der Waals surface area contributed by atoms with E-state index in [2.05, 4.69) is 15.9 Å². The number of hydrogen-bond acceptors (Lipinski definition) is 2. The molecule has 116 valence electrons. The zero-order valence-electron chi connectivity index (χ0n) is 12.7. The summed E-state index contributed by atoms with van der Waals surface area (Å²) < 4.78 is 6.62. The van der Waals surface area contributed by atoms with Gasteiger partial charge in [-0.25, -0.2) is 0 Å².